The summed E-state index contributed by atoms with van der Waals surface area (Å²) in [6.45, 7) is 2.26. The number of Topliss-reactive ketones (excluding diaryl/α,β-unsaturated/α-hetero) is 1. The van der Waals surface area contributed by atoms with E-state index in [1.165, 1.54) is 0 Å². The Morgan fingerprint density at radius 1 is 1.19 bits per heavy atom. The Balaban J connectivity index is 1.93. The number of hydrogen-bond acceptors (Lipinski definition) is 3. The number of fused-ring (bicyclic) bond motifs is 1. The van der Waals surface area contributed by atoms with Crippen LogP contribution in [0.25, 0.3) is 0 Å². The number of aryl methyl sites for hydroxylation is 1. The number of halogens is 2. The Morgan fingerprint density at radius 3 is 2.62 bits per heavy atom. The van der Waals surface area contributed by atoms with Crippen LogP contribution in [0.3, 0.4) is 0 Å². The first-order chi connectivity index (χ1) is 9.99. The zero-order valence-electron chi connectivity index (χ0n) is 11.1. The van der Waals surface area contributed by atoms with Gasteiger partial charge < -0.3 is 9.47 Å². The topological polar surface area (TPSA) is 55.2 Å². The minimum atomic E-state index is -0.911. The average Bonchev–Trinajstić information content (AvgIpc) is 2.93. The Hall–Kier alpha value is -2.57. The van der Waals surface area contributed by atoms with Gasteiger partial charge in [-0.3, -0.25) is 9.59 Å². The fourth-order valence-electron chi connectivity index (χ4n) is 2.41. The monoisotopic (exact) mass is 291 g/mol. The lowest BCUT2D eigenvalue weighted by molar-refractivity contribution is -0.114. The van der Waals surface area contributed by atoms with Crippen LogP contribution in [0, 0.1) is 18.6 Å². The highest BCUT2D eigenvalue weighted by atomic mass is 19.1. The maximum absolute atomic E-state index is 13.9. The van der Waals surface area contributed by atoms with Crippen molar-refractivity contribution in [3.8, 4) is 0 Å². The molecule has 21 heavy (non-hydrogen) atoms. The number of hydrogen-bond donors (Lipinski definition) is 0. The number of imidazole rings is 1. The standard InChI is InChI=1S/C14H11F2N3O2/c1-8-17-2-3-18(8)4-5-19-12-10(13(20)14(19)21)6-9(15)7-11(12)16/h2-3,6-7H,4-5H2,1H3. The van der Waals surface area contributed by atoms with Gasteiger partial charge in [0.25, 0.3) is 11.7 Å². The second-order valence-electron chi connectivity index (χ2n) is 4.74. The molecule has 0 atom stereocenters. The van der Waals surface area contributed by atoms with Gasteiger partial charge in [0.2, 0.25) is 0 Å². The smallest absolute Gasteiger partial charge is 0.299 e. The number of ketones is 1. The fraction of sp³-hybridized carbons (Fsp3) is 0.214. The van der Waals surface area contributed by atoms with E-state index in [2.05, 4.69) is 4.98 Å². The largest absolute Gasteiger partial charge is 0.333 e. The molecule has 5 nitrogen and oxygen atoms in total. The Morgan fingerprint density at radius 2 is 1.95 bits per heavy atom. The number of aromatic nitrogens is 2. The quantitative estimate of drug-likeness (QED) is 0.809. The fourth-order valence-corrected chi connectivity index (χ4v) is 2.41. The van der Waals surface area contributed by atoms with Gasteiger partial charge in [-0.15, -0.1) is 0 Å². The van der Waals surface area contributed by atoms with Gasteiger partial charge in [0, 0.05) is 31.5 Å². The molecule has 0 saturated heterocycles. The van der Waals surface area contributed by atoms with Crippen LogP contribution >= 0.6 is 0 Å². The van der Waals surface area contributed by atoms with Gasteiger partial charge in [0.1, 0.15) is 11.6 Å². The minimum Gasteiger partial charge on any atom is -0.333 e. The van der Waals surface area contributed by atoms with E-state index in [9.17, 15) is 18.4 Å². The van der Waals surface area contributed by atoms with Crippen LogP contribution in [0.5, 0.6) is 0 Å². The highest BCUT2D eigenvalue weighted by Crippen LogP contribution is 2.32. The van der Waals surface area contributed by atoms with E-state index < -0.39 is 23.3 Å². The summed E-state index contributed by atoms with van der Waals surface area (Å²) in [6.07, 6.45) is 3.33. The molecule has 1 aliphatic heterocycles. The number of anilines is 1. The number of carbonyl (C=O) groups excluding carboxylic acids is 2. The SMILES string of the molecule is Cc1nccn1CCN1C(=O)C(=O)c2cc(F)cc(F)c21. The highest BCUT2D eigenvalue weighted by molar-refractivity contribution is 6.52. The summed E-state index contributed by atoms with van der Waals surface area (Å²) in [4.78, 5) is 28.8. The van der Waals surface area contributed by atoms with E-state index in [0.717, 1.165) is 16.8 Å². The van der Waals surface area contributed by atoms with E-state index in [4.69, 9.17) is 0 Å². The zero-order chi connectivity index (χ0) is 15.1. The van der Waals surface area contributed by atoms with Gasteiger partial charge in [-0.1, -0.05) is 0 Å². The first-order valence-electron chi connectivity index (χ1n) is 6.32. The van der Waals surface area contributed by atoms with E-state index in [-0.39, 0.29) is 17.8 Å². The van der Waals surface area contributed by atoms with Gasteiger partial charge in [-0.25, -0.2) is 13.8 Å². The third-order valence-electron chi connectivity index (χ3n) is 3.47. The molecule has 0 N–H and O–H groups in total. The Kier molecular flexibility index (Phi) is 3.04. The van der Waals surface area contributed by atoms with Gasteiger partial charge in [0.15, 0.2) is 5.82 Å². The number of carbonyl (C=O) groups is 2. The molecule has 108 valence electrons. The maximum Gasteiger partial charge on any atom is 0.299 e. The number of rotatable bonds is 3. The lowest BCUT2D eigenvalue weighted by atomic mass is 10.1. The second-order valence-corrected chi connectivity index (χ2v) is 4.74. The molecule has 3 rings (SSSR count). The molecule has 1 aliphatic rings. The maximum atomic E-state index is 13.9. The lowest BCUT2D eigenvalue weighted by Gasteiger charge is -2.17. The molecule has 2 heterocycles. The summed E-state index contributed by atoms with van der Waals surface area (Å²) in [7, 11) is 0. The third-order valence-corrected chi connectivity index (χ3v) is 3.47. The first-order valence-corrected chi connectivity index (χ1v) is 6.32. The van der Waals surface area contributed by atoms with Crippen molar-refractivity contribution in [2.75, 3.05) is 11.4 Å². The van der Waals surface area contributed by atoms with Gasteiger partial charge >= 0.3 is 0 Å². The Bertz CT molecular complexity index is 755. The molecule has 2 aromatic rings. The summed E-state index contributed by atoms with van der Waals surface area (Å²) in [5.41, 5.74) is -0.371. The molecule has 7 heteroatoms. The lowest BCUT2D eigenvalue weighted by Crippen LogP contribution is -2.33. The molecule has 1 amide bonds. The molecule has 1 aromatic heterocycles. The van der Waals surface area contributed by atoms with Crippen molar-refractivity contribution in [1.82, 2.24) is 9.55 Å². The zero-order valence-corrected chi connectivity index (χ0v) is 11.1. The molecule has 0 fully saturated rings. The Labute approximate surface area is 118 Å². The second kappa shape index (κ2) is 4.76. The molecule has 1 aromatic carbocycles. The summed E-state index contributed by atoms with van der Waals surface area (Å²) < 4.78 is 28.8. The van der Waals surface area contributed by atoms with Crippen molar-refractivity contribution < 1.29 is 18.4 Å². The summed E-state index contributed by atoms with van der Waals surface area (Å²) in [5.74, 6) is -2.77. The van der Waals surface area contributed by atoms with Gasteiger partial charge in [-0.05, 0) is 13.0 Å². The van der Waals surface area contributed by atoms with Crippen LogP contribution in [0.15, 0.2) is 24.5 Å². The van der Waals surface area contributed by atoms with Crippen LogP contribution in [0.4, 0.5) is 14.5 Å². The van der Waals surface area contributed by atoms with Crippen molar-refractivity contribution in [1.29, 1.82) is 0 Å². The predicted octanol–water partition coefficient (Wildman–Crippen LogP) is 1.70. The van der Waals surface area contributed by atoms with Crippen LogP contribution in [-0.4, -0.2) is 27.8 Å². The molecule has 0 spiro atoms. The molecule has 0 aliphatic carbocycles. The average molecular weight is 291 g/mol. The van der Waals surface area contributed by atoms with Crippen molar-refractivity contribution in [3.05, 3.63) is 47.5 Å². The van der Waals surface area contributed by atoms with Gasteiger partial charge in [0.05, 0.1) is 11.3 Å². The van der Waals surface area contributed by atoms with E-state index in [1.54, 1.807) is 23.9 Å². The number of benzene rings is 1. The molecule has 0 unspecified atom stereocenters. The van der Waals surface area contributed by atoms with Crippen molar-refractivity contribution in [3.63, 3.8) is 0 Å². The third kappa shape index (κ3) is 2.10. The summed E-state index contributed by atoms with van der Waals surface area (Å²) in [6, 6.07) is 1.56. The normalized spacial score (nSPS) is 14.0. The number of amides is 1. The van der Waals surface area contributed by atoms with Crippen LogP contribution in [-0.2, 0) is 11.3 Å². The molecule has 0 saturated carbocycles. The van der Waals surface area contributed by atoms with Crippen LogP contribution in [0.2, 0.25) is 0 Å². The molecular formula is C14H11F2N3O2. The minimum absolute atomic E-state index is 0.108. The number of nitrogens with zero attached hydrogens (tertiary/aromatic N) is 3. The van der Waals surface area contributed by atoms with E-state index in [1.807, 2.05) is 0 Å². The van der Waals surface area contributed by atoms with E-state index in [0.29, 0.717) is 12.6 Å². The predicted molar refractivity (Wildman–Crippen MR) is 70.0 cm³/mol. The van der Waals surface area contributed by atoms with Gasteiger partial charge in [-0.2, -0.15) is 0 Å². The van der Waals surface area contributed by atoms with Crippen LogP contribution in [0.1, 0.15) is 16.2 Å². The van der Waals surface area contributed by atoms with Crippen molar-refractivity contribution in [2.45, 2.75) is 13.5 Å². The molecular weight excluding hydrogens is 280 g/mol. The first kappa shape index (κ1) is 13.4. The molecule has 0 bridgehead atoms. The highest BCUT2D eigenvalue weighted by Gasteiger charge is 2.38. The van der Waals surface area contributed by atoms with E-state index >= 15 is 0 Å². The summed E-state index contributed by atoms with van der Waals surface area (Å²) >= 11 is 0. The van der Waals surface area contributed by atoms with Crippen LogP contribution < -0.4 is 4.90 Å². The van der Waals surface area contributed by atoms with Crippen molar-refractivity contribution in [2.24, 2.45) is 0 Å². The molecule has 0 radical (unpaired) electrons. The van der Waals surface area contributed by atoms with Crippen molar-refractivity contribution >= 4 is 17.4 Å². The summed E-state index contributed by atoms with van der Waals surface area (Å²) in [5, 5.41) is 0.